The van der Waals surface area contributed by atoms with Gasteiger partial charge in [-0.05, 0) is 62.2 Å². The summed E-state index contributed by atoms with van der Waals surface area (Å²) in [6.07, 6.45) is 1.58. The van der Waals surface area contributed by atoms with E-state index >= 15 is 0 Å². The number of hydrogen-bond acceptors (Lipinski definition) is 8. The molecule has 3 heterocycles. The minimum atomic E-state index is -0.849. The second-order valence-electron chi connectivity index (χ2n) is 8.81. The number of thiazole rings is 1. The standard InChI is InChI=1S/C28H22FN3O6S/c1-4-37-27(34)24-16(3)30-28-31(25(24)17-5-7-18(29)8-6-17)26(33)23(39-28)14-20-10-12-22(38-20)21-11-9-19(32(35)36)13-15(21)2/h5-14,25H,4H2,1-3H3/b23-14-/t25-/m1/s1. The van der Waals surface area contributed by atoms with Crippen LogP contribution in [0, 0.1) is 22.9 Å². The number of non-ortho nitro benzene ring substituents is 1. The number of esters is 1. The summed E-state index contributed by atoms with van der Waals surface area (Å²) >= 11 is 1.14. The smallest absolute Gasteiger partial charge is 0.338 e. The predicted molar refractivity (Wildman–Crippen MR) is 142 cm³/mol. The Morgan fingerprint density at radius 3 is 2.62 bits per heavy atom. The minimum Gasteiger partial charge on any atom is -0.463 e. The second kappa shape index (κ2) is 10.3. The van der Waals surface area contributed by atoms with Gasteiger partial charge < -0.3 is 9.15 Å². The molecule has 0 fully saturated rings. The lowest BCUT2D eigenvalue weighted by atomic mass is 9.96. The molecule has 1 aliphatic rings. The first-order valence-corrected chi connectivity index (χ1v) is 12.8. The number of hydrogen-bond donors (Lipinski definition) is 0. The molecule has 0 N–H and O–H groups in total. The number of furan rings is 1. The molecular formula is C28H22FN3O6S. The van der Waals surface area contributed by atoms with E-state index in [-0.39, 0.29) is 17.9 Å². The molecule has 0 saturated carbocycles. The van der Waals surface area contributed by atoms with Gasteiger partial charge in [-0.25, -0.2) is 14.2 Å². The van der Waals surface area contributed by atoms with Crippen LogP contribution in [0.1, 0.15) is 36.8 Å². The Morgan fingerprint density at radius 2 is 1.95 bits per heavy atom. The molecule has 0 amide bonds. The summed E-state index contributed by atoms with van der Waals surface area (Å²) < 4.78 is 26.6. The number of benzene rings is 2. The van der Waals surface area contributed by atoms with Crippen LogP contribution in [0.25, 0.3) is 17.4 Å². The minimum absolute atomic E-state index is 0.0164. The Balaban J connectivity index is 1.60. The fourth-order valence-corrected chi connectivity index (χ4v) is 5.52. The van der Waals surface area contributed by atoms with Gasteiger partial charge in [-0.2, -0.15) is 0 Å². The Morgan fingerprint density at radius 1 is 1.21 bits per heavy atom. The maximum atomic E-state index is 13.7. The number of allylic oxidation sites excluding steroid dienone is 1. The SMILES string of the molecule is CCOC(=O)C1=C(C)N=c2s/c(=C\c3ccc(-c4ccc([N+](=O)[O-])cc4C)o3)c(=O)n2[C@@H]1c1ccc(F)cc1. The van der Waals surface area contributed by atoms with Crippen LogP contribution in [0.3, 0.4) is 0 Å². The first-order chi connectivity index (χ1) is 18.7. The van der Waals surface area contributed by atoms with Crippen molar-refractivity contribution in [2.24, 2.45) is 4.99 Å². The van der Waals surface area contributed by atoms with Crippen LogP contribution >= 0.6 is 11.3 Å². The van der Waals surface area contributed by atoms with Crippen molar-refractivity contribution in [2.45, 2.75) is 26.8 Å². The van der Waals surface area contributed by atoms with Crippen LogP contribution < -0.4 is 14.9 Å². The van der Waals surface area contributed by atoms with E-state index in [2.05, 4.69) is 4.99 Å². The average Bonchev–Trinajstić information content (AvgIpc) is 3.48. The number of nitro groups is 1. The van der Waals surface area contributed by atoms with Crippen LogP contribution in [0.2, 0.25) is 0 Å². The highest BCUT2D eigenvalue weighted by Crippen LogP contribution is 2.31. The van der Waals surface area contributed by atoms with Crippen molar-refractivity contribution >= 4 is 29.1 Å². The topological polar surface area (TPSA) is 117 Å². The van der Waals surface area contributed by atoms with E-state index in [0.29, 0.717) is 43.2 Å². The van der Waals surface area contributed by atoms with Crippen LogP contribution in [0.4, 0.5) is 10.1 Å². The second-order valence-corrected chi connectivity index (χ2v) is 9.82. The van der Waals surface area contributed by atoms with Crippen LogP contribution in [-0.4, -0.2) is 22.1 Å². The molecular weight excluding hydrogens is 525 g/mol. The molecule has 1 aliphatic heterocycles. The van der Waals surface area contributed by atoms with Crippen LogP contribution in [0.5, 0.6) is 0 Å². The zero-order chi connectivity index (χ0) is 27.8. The lowest BCUT2D eigenvalue weighted by Gasteiger charge is -2.24. The fourth-order valence-electron chi connectivity index (χ4n) is 4.49. The fraction of sp³-hybridized carbons (Fsp3) is 0.179. The number of aromatic nitrogens is 1. The summed E-state index contributed by atoms with van der Waals surface area (Å²) in [5.41, 5.74) is 2.10. The van der Waals surface area contributed by atoms with E-state index in [1.165, 1.54) is 41.0 Å². The summed E-state index contributed by atoms with van der Waals surface area (Å²) in [4.78, 5) is 42.1. The summed E-state index contributed by atoms with van der Waals surface area (Å²) in [5, 5.41) is 11.1. The van der Waals surface area contributed by atoms with Crippen molar-refractivity contribution in [1.29, 1.82) is 0 Å². The summed E-state index contributed by atoms with van der Waals surface area (Å²) in [6.45, 7) is 5.25. The van der Waals surface area contributed by atoms with Gasteiger partial charge in [0.2, 0.25) is 0 Å². The molecule has 198 valence electrons. The molecule has 39 heavy (non-hydrogen) atoms. The zero-order valence-electron chi connectivity index (χ0n) is 21.1. The van der Waals surface area contributed by atoms with E-state index in [0.717, 1.165) is 11.3 Å². The van der Waals surface area contributed by atoms with Crippen molar-refractivity contribution in [3.63, 3.8) is 0 Å². The molecule has 9 nitrogen and oxygen atoms in total. The lowest BCUT2D eigenvalue weighted by Crippen LogP contribution is -2.39. The van der Waals surface area contributed by atoms with Crippen LogP contribution in [0.15, 0.2) is 80.1 Å². The molecule has 4 aromatic rings. The number of halogens is 1. The van der Waals surface area contributed by atoms with Gasteiger partial charge >= 0.3 is 5.97 Å². The molecule has 11 heteroatoms. The van der Waals surface area contributed by atoms with Crippen molar-refractivity contribution in [3.8, 4) is 11.3 Å². The zero-order valence-corrected chi connectivity index (χ0v) is 22.0. The molecule has 2 aromatic heterocycles. The van der Waals surface area contributed by atoms with E-state index in [1.807, 2.05) is 0 Å². The third kappa shape index (κ3) is 4.84. The molecule has 0 unspecified atom stereocenters. The third-order valence-electron chi connectivity index (χ3n) is 6.29. The molecule has 0 bridgehead atoms. The Hall–Kier alpha value is -4.64. The molecule has 0 saturated heterocycles. The van der Waals surface area contributed by atoms with Gasteiger partial charge in [0.25, 0.3) is 11.2 Å². The number of rotatable bonds is 6. The number of ether oxygens (including phenoxy) is 1. The van der Waals surface area contributed by atoms with Gasteiger partial charge in [0.05, 0.1) is 33.4 Å². The number of carbonyl (C=O) groups is 1. The van der Waals surface area contributed by atoms with E-state index in [9.17, 15) is 24.1 Å². The molecule has 0 aliphatic carbocycles. The van der Waals surface area contributed by atoms with E-state index in [4.69, 9.17) is 9.15 Å². The van der Waals surface area contributed by atoms with Gasteiger partial charge in [0, 0.05) is 23.8 Å². The molecule has 2 aromatic carbocycles. The lowest BCUT2D eigenvalue weighted by molar-refractivity contribution is -0.384. The van der Waals surface area contributed by atoms with Crippen LogP contribution in [-0.2, 0) is 9.53 Å². The first kappa shape index (κ1) is 26.0. The van der Waals surface area contributed by atoms with Gasteiger partial charge in [-0.3, -0.25) is 19.5 Å². The Bertz CT molecular complexity index is 1830. The highest BCUT2D eigenvalue weighted by molar-refractivity contribution is 7.07. The number of nitro benzene ring substituents is 1. The number of nitrogens with zero attached hydrogens (tertiary/aromatic N) is 3. The molecule has 0 radical (unpaired) electrons. The Labute approximate surface area is 225 Å². The quantitative estimate of drug-likeness (QED) is 0.201. The third-order valence-corrected chi connectivity index (χ3v) is 7.27. The van der Waals surface area contributed by atoms with E-state index < -0.39 is 28.3 Å². The molecule has 0 spiro atoms. The highest BCUT2D eigenvalue weighted by atomic mass is 32.1. The Kier molecular flexibility index (Phi) is 6.83. The number of carbonyl (C=O) groups excluding carboxylic acids is 1. The first-order valence-electron chi connectivity index (χ1n) is 12.0. The number of aryl methyl sites for hydroxylation is 1. The maximum absolute atomic E-state index is 13.7. The molecule has 5 rings (SSSR count). The van der Waals surface area contributed by atoms with E-state index in [1.54, 1.807) is 45.0 Å². The highest BCUT2D eigenvalue weighted by Gasteiger charge is 2.33. The van der Waals surface area contributed by atoms with Gasteiger partial charge in [-0.15, -0.1) is 0 Å². The van der Waals surface area contributed by atoms with Gasteiger partial charge in [0.1, 0.15) is 17.3 Å². The maximum Gasteiger partial charge on any atom is 0.338 e. The largest absolute Gasteiger partial charge is 0.463 e. The summed E-state index contributed by atoms with van der Waals surface area (Å²) in [7, 11) is 0. The van der Waals surface area contributed by atoms with Crippen molar-refractivity contribution in [1.82, 2.24) is 4.57 Å². The van der Waals surface area contributed by atoms with Crippen molar-refractivity contribution in [2.75, 3.05) is 6.61 Å². The monoisotopic (exact) mass is 547 g/mol. The summed E-state index contributed by atoms with van der Waals surface area (Å²) in [6, 6.07) is 12.7. The predicted octanol–water partition coefficient (Wildman–Crippen LogP) is 4.41. The van der Waals surface area contributed by atoms with Gasteiger partial charge in [-0.1, -0.05) is 23.5 Å². The summed E-state index contributed by atoms with van der Waals surface area (Å²) in [5.74, 6) is -0.156. The molecule has 1 atom stereocenters. The average molecular weight is 548 g/mol. The van der Waals surface area contributed by atoms with Gasteiger partial charge in [0.15, 0.2) is 4.80 Å². The van der Waals surface area contributed by atoms with Crippen molar-refractivity contribution < 1.29 is 23.3 Å². The number of fused-ring (bicyclic) bond motifs is 1. The van der Waals surface area contributed by atoms with Crippen molar-refractivity contribution in [3.05, 3.63) is 118 Å². The normalized spacial score (nSPS) is 15.2.